The Morgan fingerprint density at radius 1 is 1.10 bits per heavy atom. The second-order valence-corrected chi connectivity index (χ2v) is 8.16. The van der Waals surface area contributed by atoms with Gasteiger partial charge in [0.15, 0.2) is 0 Å². The van der Waals surface area contributed by atoms with Crippen molar-refractivity contribution in [2.75, 3.05) is 26.2 Å². The summed E-state index contributed by atoms with van der Waals surface area (Å²) in [5, 5.41) is 4.50. The number of nitrogens with one attached hydrogen (secondary N) is 1. The summed E-state index contributed by atoms with van der Waals surface area (Å²) in [5.74, 6) is -0.325. The molecule has 2 aromatic rings. The molecule has 8 heteroatoms. The molecule has 0 spiro atoms. The molecule has 7 nitrogen and oxygen atoms in total. The first-order chi connectivity index (χ1) is 14.1. The Kier molecular flexibility index (Phi) is 5.80. The fourth-order valence-corrected chi connectivity index (χ4v) is 4.45. The van der Waals surface area contributed by atoms with Crippen LogP contribution < -0.4 is 5.32 Å². The van der Waals surface area contributed by atoms with E-state index in [9.17, 15) is 14.4 Å². The average molecular weight is 413 g/mol. The van der Waals surface area contributed by atoms with Gasteiger partial charge in [0.2, 0.25) is 5.91 Å². The normalized spacial score (nSPS) is 19.9. The van der Waals surface area contributed by atoms with Crippen molar-refractivity contribution < 1.29 is 19.1 Å². The number of benzene rings is 1. The maximum Gasteiger partial charge on any atom is 0.410 e. The zero-order chi connectivity index (χ0) is 20.2. The first-order valence-electron chi connectivity index (χ1n) is 9.73. The molecule has 2 fully saturated rings. The zero-order valence-corrected chi connectivity index (χ0v) is 16.8. The number of carbonyl (C=O) groups is 3. The predicted octanol–water partition coefficient (Wildman–Crippen LogP) is 2.66. The zero-order valence-electron chi connectivity index (χ0n) is 16.0. The van der Waals surface area contributed by atoms with Crippen LogP contribution in [0.2, 0.25) is 0 Å². The molecule has 3 heterocycles. The van der Waals surface area contributed by atoms with Gasteiger partial charge in [0.1, 0.15) is 6.10 Å². The molecule has 2 aliphatic rings. The van der Waals surface area contributed by atoms with E-state index in [2.05, 4.69) is 5.32 Å². The summed E-state index contributed by atoms with van der Waals surface area (Å²) >= 11 is 1.35. The summed E-state index contributed by atoms with van der Waals surface area (Å²) in [6.45, 7) is 1.66. The highest BCUT2D eigenvalue weighted by molar-refractivity contribution is 7.12. The molecular formula is C21H23N3O4S. The van der Waals surface area contributed by atoms with E-state index in [-0.39, 0.29) is 36.6 Å². The minimum Gasteiger partial charge on any atom is -0.439 e. The van der Waals surface area contributed by atoms with E-state index < -0.39 is 0 Å². The maximum atomic E-state index is 12.4. The fourth-order valence-electron chi connectivity index (χ4n) is 3.81. The lowest BCUT2D eigenvalue weighted by Gasteiger charge is -2.35. The first kappa shape index (κ1) is 19.4. The van der Waals surface area contributed by atoms with Crippen molar-refractivity contribution in [2.24, 2.45) is 0 Å². The van der Waals surface area contributed by atoms with Crippen LogP contribution in [0, 0.1) is 0 Å². The monoisotopic (exact) mass is 413 g/mol. The van der Waals surface area contributed by atoms with Gasteiger partial charge < -0.3 is 19.9 Å². The lowest BCUT2D eigenvalue weighted by molar-refractivity contribution is -0.131. The summed E-state index contributed by atoms with van der Waals surface area (Å²) in [7, 11) is 0. The Bertz CT molecular complexity index is 863. The van der Waals surface area contributed by atoms with E-state index in [4.69, 9.17) is 4.74 Å². The molecule has 1 aromatic heterocycles. The Morgan fingerprint density at radius 2 is 1.86 bits per heavy atom. The van der Waals surface area contributed by atoms with Crippen molar-refractivity contribution in [1.29, 1.82) is 0 Å². The van der Waals surface area contributed by atoms with Gasteiger partial charge in [0, 0.05) is 19.1 Å². The van der Waals surface area contributed by atoms with Crippen molar-refractivity contribution in [2.45, 2.75) is 25.0 Å². The SMILES string of the molecule is O=C(NCC(=O)N1CCC(N2CC(c3ccccc3)OC2=O)CC1)c1cccs1. The van der Waals surface area contributed by atoms with Gasteiger partial charge in [0.05, 0.1) is 18.0 Å². The van der Waals surface area contributed by atoms with E-state index in [1.165, 1.54) is 11.3 Å². The highest BCUT2D eigenvalue weighted by Crippen LogP contribution is 2.30. The van der Waals surface area contributed by atoms with E-state index in [0.717, 1.165) is 5.56 Å². The number of hydrogen-bond donors (Lipinski definition) is 1. The number of thiophene rings is 1. The van der Waals surface area contributed by atoms with Crippen molar-refractivity contribution in [1.82, 2.24) is 15.1 Å². The van der Waals surface area contributed by atoms with E-state index in [0.29, 0.717) is 37.4 Å². The molecule has 0 bridgehead atoms. The molecule has 2 aliphatic heterocycles. The summed E-state index contributed by atoms with van der Waals surface area (Å²) in [6.07, 6.45) is 0.894. The van der Waals surface area contributed by atoms with Gasteiger partial charge >= 0.3 is 6.09 Å². The minimum atomic E-state index is -0.285. The van der Waals surface area contributed by atoms with Gasteiger partial charge in [-0.15, -0.1) is 11.3 Å². The lowest BCUT2D eigenvalue weighted by Crippen LogP contribution is -2.49. The van der Waals surface area contributed by atoms with Gasteiger partial charge in [-0.1, -0.05) is 36.4 Å². The molecule has 0 radical (unpaired) electrons. The van der Waals surface area contributed by atoms with Crippen molar-refractivity contribution >= 4 is 29.2 Å². The van der Waals surface area contributed by atoms with Crippen molar-refractivity contribution in [3.05, 3.63) is 58.3 Å². The smallest absolute Gasteiger partial charge is 0.410 e. The number of ether oxygens (including phenoxy) is 1. The molecule has 29 heavy (non-hydrogen) atoms. The van der Waals surface area contributed by atoms with Gasteiger partial charge in [-0.05, 0) is 29.9 Å². The van der Waals surface area contributed by atoms with Gasteiger partial charge in [-0.3, -0.25) is 9.59 Å². The van der Waals surface area contributed by atoms with Crippen molar-refractivity contribution in [3.8, 4) is 0 Å². The topological polar surface area (TPSA) is 79.0 Å². The molecule has 4 rings (SSSR count). The minimum absolute atomic E-state index is 0.0107. The average Bonchev–Trinajstić information content (AvgIpc) is 3.43. The molecular weight excluding hydrogens is 390 g/mol. The van der Waals surface area contributed by atoms with E-state index >= 15 is 0 Å². The Morgan fingerprint density at radius 3 is 2.55 bits per heavy atom. The number of cyclic esters (lactones) is 1. The number of nitrogens with zero attached hydrogens (tertiary/aromatic N) is 2. The third kappa shape index (κ3) is 4.42. The number of amides is 3. The quantitative estimate of drug-likeness (QED) is 0.817. The number of rotatable bonds is 5. The Balaban J connectivity index is 1.25. The largest absolute Gasteiger partial charge is 0.439 e. The number of hydrogen-bond acceptors (Lipinski definition) is 5. The Hall–Kier alpha value is -2.87. The third-order valence-corrected chi connectivity index (χ3v) is 6.28. The number of carbonyl (C=O) groups excluding carboxylic acids is 3. The Labute approximate surface area is 173 Å². The molecule has 1 N–H and O–H groups in total. The van der Waals surface area contributed by atoms with Crippen LogP contribution in [0.4, 0.5) is 4.79 Å². The summed E-state index contributed by atoms with van der Waals surface area (Å²) < 4.78 is 5.55. The standard InChI is InChI=1S/C21H23N3O4S/c25-19(13-22-20(26)18-7-4-12-29-18)23-10-8-16(9-11-23)24-14-17(28-21(24)27)15-5-2-1-3-6-15/h1-7,12,16-17H,8-11,13-14H2,(H,22,26). The van der Waals surface area contributed by atoms with Crippen LogP contribution in [0.25, 0.3) is 0 Å². The van der Waals surface area contributed by atoms with Gasteiger partial charge in [-0.2, -0.15) is 0 Å². The van der Waals surface area contributed by atoms with Gasteiger partial charge in [0.25, 0.3) is 5.91 Å². The van der Waals surface area contributed by atoms with Crippen LogP contribution in [0.5, 0.6) is 0 Å². The molecule has 1 unspecified atom stereocenters. The summed E-state index contributed by atoms with van der Waals surface area (Å²) in [6, 6.07) is 13.3. The highest BCUT2D eigenvalue weighted by atomic mass is 32.1. The van der Waals surface area contributed by atoms with Crippen molar-refractivity contribution in [3.63, 3.8) is 0 Å². The molecule has 0 saturated carbocycles. The van der Waals surface area contributed by atoms with Crippen LogP contribution in [0.3, 0.4) is 0 Å². The lowest BCUT2D eigenvalue weighted by atomic mass is 10.0. The summed E-state index contributed by atoms with van der Waals surface area (Å²) in [5.41, 5.74) is 0.998. The molecule has 152 valence electrons. The molecule has 1 aromatic carbocycles. The number of piperidine rings is 1. The maximum absolute atomic E-state index is 12.4. The molecule has 0 aliphatic carbocycles. The first-order valence-corrected chi connectivity index (χ1v) is 10.6. The fraction of sp³-hybridized carbons (Fsp3) is 0.381. The van der Waals surface area contributed by atoms with E-state index in [1.807, 2.05) is 35.7 Å². The predicted molar refractivity (Wildman–Crippen MR) is 109 cm³/mol. The van der Waals surface area contributed by atoms with Crippen LogP contribution in [0.15, 0.2) is 47.8 Å². The van der Waals surface area contributed by atoms with Crippen LogP contribution in [-0.2, 0) is 9.53 Å². The third-order valence-electron chi connectivity index (χ3n) is 5.41. The molecule has 1 atom stereocenters. The summed E-state index contributed by atoms with van der Waals surface area (Å²) in [4.78, 5) is 40.9. The van der Waals surface area contributed by atoms with E-state index in [1.54, 1.807) is 21.9 Å². The molecule has 3 amide bonds. The van der Waals surface area contributed by atoms with Gasteiger partial charge in [-0.25, -0.2) is 4.79 Å². The van der Waals surface area contributed by atoms with Crippen LogP contribution in [0.1, 0.15) is 34.2 Å². The second kappa shape index (κ2) is 8.65. The van der Waals surface area contributed by atoms with Crippen LogP contribution in [-0.4, -0.2) is 59.9 Å². The molecule has 2 saturated heterocycles. The highest BCUT2D eigenvalue weighted by Gasteiger charge is 2.38. The number of likely N-dealkylation sites (tertiary alicyclic amines) is 1. The van der Waals surface area contributed by atoms with Crippen LogP contribution >= 0.6 is 11.3 Å². The second-order valence-electron chi connectivity index (χ2n) is 7.21.